The Morgan fingerprint density at radius 3 is 2.21 bits per heavy atom. The van der Waals surface area contributed by atoms with Gasteiger partial charge in [-0.15, -0.1) is 6.58 Å². The Kier molecular flexibility index (Phi) is 23.0. The molecule has 2 N–H and O–H groups in total. The average Bonchev–Trinajstić information content (AvgIpc) is 2.94. The number of nitrogens with one attached hydrogen (secondary N) is 2. The second-order valence-corrected chi connectivity index (χ2v) is 11.2. The summed E-state index contributed by atoms with van der Waals surface area (Å²) >= 11 is 0. The van der Waals surface area contributed by atoms with E-state index >= 15 is 0 Å². The predicted octanol–water partition coefficient (Wildman–Crippen LogP) is 7.09. The van der Waals surface area contributed by atoms with E-state index in [1.807, 2.05) is 59.7 Å². The Hall–Kier alpha value is -3.03. The highest BCUT2D eigenvalue weighted by Gasteiger charge is 2.18. The molecule has 1 aliphatic rings. The molecule has 1 unspecified atom stereocenters. The Morgan fingerprint density at radius 2 is 1.69 bits per heavy atom. The summed E-state index contributed by atoms with van der Waals surface area (Å²) in [5.41, 5.74) is 4.10. The van der Waals surface area contributed by atoms with E-state index in [0.717, 1.165) is 37.2 Å². The first-order chi connectivity index (χ1) is 19.9. The van der Waals surface area contributed by atoms with Crippen molar-refractivity contribution in [3.05, 3.63) is 77.1 Å². The lowest BCUT2D eigenvalue weighted by molar-refractivity contribution is -0.0226. The number of amides is 2. The number of hydrogen-bond acceptors (Lipinski definition) is 5. The summed E-state index contributed by atoms with van der Waals surface area (Å²) in [6, 6.07) is 11.4. The van der Waals surface area contributed by atoms with Crippen LogP contribution in [-0.4, -0.2) is 68.1 Å². The van der Waals surface area contributed by atoms with E-state index < -0.39 is 0 Å². The fraction of sp³-hybridized carbons (Fsp3) is 0.571. The maximum Gasteiger partial charge on any atom is 0.269 e. The molecule has 1 fully saturated rings. The molecule has 1 saturated heterocycles. The molecule has 0 radical (unpaired) electrons. The van der Waals surface area contributed by atoms with Crippen molar-refractivity contribution >= 4 is 11.8 Å². The van der Waals surface area contributed by atoms with E-state index in [-0.39, 0.29) is 23.6 Å². The van der Waals surface area contributed by atoms with E-state index in [0.29, 0.717) is 29.6 Å². The molecule has 7 nitrogen and oxygen atoms in total. The molecule has 1 aromatic carbocycles. The SMILES string of the molecule is C=CC.CC.CC.CC(C)(C)C.CNC(=O)c1cc(C(=O)NCCC2CN(C)CCO2)cc(Cc2cccc(C)c2)n1. The van der Waals surface area contributed by atoms with Crippen molar-refractivity contribution in [2.24, 2.45) is 5.41 Å². The van der Waals surface area contributed by atoms with Crippen LogP contribution < -0.4 is 10.6 Å². The second-order valence-electron chi connectivity index (χ2n) is 11.2. The van der Waals surface area contributed by atoms with Gasteiger partial charge in [0.25, 0.3) is 11.8 Å². The van der Waals surface area contributed by atoms with Crippen LogP contribution in [0.5, 0.6) is 0 Å². The van der Waals surface area contributed by atoms with Gasteiger partial charge in [-0.1, -0.05) is 91.3 Å². The molecule has 1 aliphatic heterocycles. The monoisotopic (exact) mass is 584 g/mol. The lowest BCUT2D eigenvalue weighted by Gasteiger charge is -2.30. The number of likely N-dealkylation sites (N-methyl/N-ethyl adjacent to an activating group) is 1. The van der Waals surface area contributed by atoms with Gasteiger partial charge in [0.15, 0.2) is 0 Å². The first-order valence-electron chi connectivity index (χ1n) is 15.3. The number of hydrogen-bond donors (Lipinski definition) is 2. The van der Waals surface area contributed by atoms with Gasteiger partial charge in [0.2, 0.25) is 0 Å². The fourth-order valence-electron chi connectivity index (χ4n) is 3.58. The topological polar surface area (TPSA) is 83.6 Å². The lowest BCUT2D eigenvalue weighted by atomic mass is 10.0. The van der Waals surface area contributed by atoms with Crippen molar-refractivity contribution in [2.75, 3.05) is 40.3 Å². The van der Waals surface area contributed by atoms with E-state index in [1.54, 1.807) is 25.3 Å². The van der Waals surface area contributed by atoms with Gasteiger partial charge in [-0.05, 0) is 50.4 Å². The molecular weight excluding hydrogens is 524 g/mol. The molecule has 0 saturated carbocycles. The smallest absolute Gasteiger partial charge is 0.269 e. The number of carbonyl (C=O) groups is 2. The van der Waals surface area contributed by atoms with Gasteiger partial charge in [0.1, 0.15) is 5.69 Å². The number of aryl methyl sites for hydroxylation is 1. The highest BCUT2D eigenvalue weighted by molar-refractivity contribution is 5.98. The van der Waals surface area contributed by atoms with Gasteiger partial charge in [-0.25, -0.2) is 4.98 Å². The van der Waals surface area contributed by atoms with Crippen LogP contribution in [0.1, 0.15) is 106 Å². The van der Waals surface area contributed by atoms with Crippen LogP contribution in [-0.2, 0) is 11.2 Å². The third-order valence-electron chi connectivity index (χ3n) is 5.16. The van der Waals surface area contributed by atoms with Crippen molar-refractivity contribution in [1.82, 2.24) is 20.5 Å². The minimum atomic E-state index is -0.311. The summed E-state index contributed by atoms with van der Waals surface area (Å²) in [6.45, 7) is 27.1. The molecule has 238 valence electrons. The van der Waals surface area contributed by atoms with Crippen LogP contribution >= 0.6 is 0 Å². The molecule has 0 bridgehead atoms. The molecule has 0 aliphatic carbocycles. The van der Waals surface area contributed by atoms with Gasteiger partial charge in [0.05, 0.1) is 12.7 Å². The summed E-state index contributed by atoms with van der Waals surface area (Å²) in [5.74, 6) is -0.522. The summed E-state index contributed by atoms with van der Waals surface area (Å²) in [7, 11) is 3.62. The molecule has 7 heteroatoms. The van der Waals surface area contributed by atoms with Crippen molar-refractivity contribution in [3.8, 4) is 0 Å². The van der Waals surface area contributed by atoms with E-state index in [4.69, 9.17) is 4.74 Å². The van der Waals surface area contributed by atoms with Gasteiger partial charge in [-0.3, -0.25) is 9.59 Å². The first-order valence-corrected chi connectivity index (χ1v) is 15.3. The quantitative estimate of drug-likeness (QED) is 0.340. The minimum absolute atomic E-state index is 0.125. The Morgan fingerprint density at radius 1 is 1.10 bits per heavy atom. The summed E-state index contributed by atoms with van der Waals surface area (Å²) in [4.78, 5) is 31.6. The molecule has 1 atom stereocenters. The molecule has 2 amide bonds. The molecule has 1 aromatic heterocycles. The molecule has 3 rings (SSSR count). The summed E-state index contributed by atoms with van der Waals surface area (Å²) < 4.78 is 5.74. The maximum atomic E-state index is 12.8. The van der Waals surface area contributed by atoms with Gasteiger partial charge < -0.3 is 20.3 Å². The number of morpholine rings is 1. The number of carbonyl (C=O) groups excluding carboxylic acids is 2. The van der Waals surface area contributed by atoms with Crippen molar-refractivity contribution in [3.63, 3.8) is 0 Å². The summed E-state index contributed by atoms with van der Waals surface area (Å²) in [6.07, 6.45) is 3.18. The summed E-state index contributed by atoms with van der Waals surface area (Å²) in [5, 5.41) is 5.53. The van der Waals surface area contributed by atoms with Crippen LogP contribution in [0.4, 0.5) is 0 Å². The predicted molar refractivity (Wildman–Crippen MR) is 179 cm³/mol. The lowest BCUT2D eigenvalue weighted by Crippen LogP contribution is -2.41. The molecule has 0 spiro atoms. The van der Waals surface area contributed by atoms with Crippen LogP contribution in [0.25, 0.3) is 0 Å². The minimum Gasteiger partial charge on any atom is -0.375 e. The molecule has 2 aromatic rings. The van der Waals surface area contributed by atoms with E-state index in [9.17, 15) is 9.59 Å². The molecular formula is C35H60N4O3. The fourth-order valence-corrected chi connectivity index (χ4v) is 3.58. The van der Waals surface area contributed by atoms with Crippen molar-refractivity contribution in [1.29, 1.82) is 0 Å². The number of allylic oxidation sites excluding steroid dienone is 1. The third kappa shape index (κ3) is 19.9. The number of aromatic nitrogens is 1. The molecule has 42 heavy (non-hydrogen) atoms. The maximum absolute atomic E-state index is 12.8. The number of rotatable bonds is 7. The number of benzene rings is 1. The Labute approximate surface area is 257 Å². The zero-order valence-electron chi connectivity index (χ0n) is 28.7. The highest BCUT2D eigenvalue weighted by Crippen LogP contribution is 2.14. The van der Waals surface area contributed by atoms with Crippen LogP contribution in [0.2, 0.25) is 0 Å². The second kappa shape index (κ2) is 23.5. The highest BCUT2D eigenvalue weighted by atomic mass is 16.5. The van der Waals surface area contributed by atoms with Crippen molar-refractivity contribution < 1.29 is 14.3 Å². The number of nitrogens with zero attached hydrogens (tertiary/aromatic N) is 2. The normalized spacial score (nSPS) is 14.0. The van der Waals surface area contributed by atoms with Crippen LogP contribution in [0.3, 0.4) is 0 Å². The zero-order valence-corrected chi connectivity index (χ0v) is 28.7. The standard InChI is InChI=1S/C23H30N4O3.C5H12.C3H6.2C2H6/c1-16-5-4-6-17(11-16)12-19-13-18(14-21(26-19)23(29)24-2)22(28)25-8-7-20-15-27(3)9-10-30-20;1-5(2,3)4;1-3-2;2*1-2/h4-6,11,13-14,20H,7-10,12,15H2,1-3H3,(H,24,29)(H,25,28);1-4H3;3H,1H2,2H3;2*1-2H3. The van der Waals surface area contributed by atoms with Gasteiger partial charge >= 0.3 is 0 Å². The van der Waals surface area contributed by atoms with E-state index in [1.165, 1.54) is 0 Å². The largest absolute Gasteiger partial charge is 0.375 e. The first kappa shape index (κ1) is 41.1. The Balaban J connectivity index is 0. The number of pyridine rings is 1. The zero-order chi connectivity index (χ0) is 32.7. The van der Waals surface area contributed by atoms with E-state index in [2.05, 4.69) is 67.9 Å². The van der Waals surface area contributed by atoms with Crippen molar-refractivity contribution in [2.45, 2.75) is 88.2 Å². The number of ether oxygens (including phenoxy) is 1. The third-order valence-corrected chi connectivity index (χ3v) is 5.16. The average molecular weight is 585 g/mol. The van der Waals surface area contributed by atoms with Crippen LogP contribution in [0, 0.1) is 12.3 Å². The van der Waals surface area contributed by atoms with Crippen LogP contribution in [0.15, 0.2) is 49.1 Å². The van der Waals surface area contributed by atoms with Gasteiger partial charge in [0, 0.05) is 44.4 Å². The Bertz CT molecular complexity index is 1030. The van der Waals surface area contributed by atoms with Gasteiger partial charge in [-0.2, -0.15) is 0 Å². The molecule has 2 heterocycles.